The fraction of sp³-hybridized carbons (Fsp3) is 0.733. The average Bonchev–Trinajstić information content (AvgIpc) is 2.39. The van der Waals surface area contributed by atoms with Crippen LogP contribution in [0.4, 0.5) is 4.79 Å². The number of esters is 2. The van der Waals surface area contributed by atoms with E-state index in [0.29, 0.717) is 11.8 Å². The summed E-state index contributed by atoms with van der Waals surface area (Å²) >= 11 is 4.79. The maximum Gasteiger partial charge on any atom is 0.370 e. The van der Waals surface area contributed by atoms with Crippen LogP contribution in [-0.2, 0) is 28.6 Å². The molecule has 0 spiro atoms. The first kappa shape index (κ1) is 23.6. The molecule has 1 atom stereocenters. The lowest BCUT2D eigenvalue weighted by Gasteiger charge is -2.26. The maximum absolute atomic E-state index is 12.2. The molecule has 144 valence electrons. The number of carbonyl (C=O) groups excluding carboxylic acids is 4. The van der Waals surface area contributed by atoms with Gasteiger partial charge in [0, 0.05) is 12.7 Å². The van der Waals surface area contributed by atoms with Crippen LogP contribution in [-0.4, -0.2) is 52.1 Å². The van der Waals surface area contributed by atoms with Gasteiger partial charge in [0.05, 0.1) is 4.75 Å². The summed E-state index contributed by atoms with van der Waals surface area (Å²) in [6.07, 6.45) is 0. The number of amides is 1. The van der Waals surface area contributed by atoms with E-state index in [9.17, 15) is 19.2 Å². The smallest absolute Gasteiger partial charge is 0.370 e. The first-order valence-corrected chi connectivity index (χ1v) is 8.85. The topological polar surface area (TPSA) is 108 Å². The summed E-state index contributed by atoms with van der Waals surface area (Å²) in [7, 11) is 0. The van der Waals surface area contributed by atoms with Crippen LogP contribution in [0.1, 0.15) is 41.5 Å². The SMILES string of the molecule is CC(=O)OCOC(=O)SC[C@H](NC(=O)C(C)(C)S)C(=O)OC(C)(C)C. The Kier molecular flexibility index (Phi) is 9.34. The molecule has 1 N–H and O–H groups in total. The van der Waals surface area contributed by atoms with E-state index in [4.69, 9.17) is 4.74 Å². The summed E-state index contributed by atoms with van der Waals surface area (Å²) in [5.41, 5.74) is -0.753. The van der Waals surface area contributed by atoms with Gasteiger partial charge in [-0.2, -0.15) is 12.6 Å². The number of nitrogens with one attached hydrogen (secondary N) is 1. The van der Waals surface area contributed by atoms with Gasteiger partial charge in [-0.1, -0.05) is 0 Å². The van der Waals surface area contributed by atoms with Gasteiger partial charge in [0.25, 0.3) is 0 Å². The summed E-state index contributed by atoms with van der Waals surface area (Å²) in [6.45, 7) is 8.85. The molecule has 0 unspecified atom stereocenters. The van der Waals surface area contributed by atoms with Gasteiger partial charge in [0.1, 0.15) is 11.6 Å². The van der Waals surface area contributed by atoms with E-state index in [0.717, 1.165) is 0 Å². The zero-order valence-electron chi connectivity index (χ0n) is 15.2. The van der Waals surface area contributed by atoms with E-state index in [1.807, 2.05) is 0 Å². The Morgan fingerprint density at radius 3 is 2.08 bits per heavy atom. The summed E-state index contributed by atoms with van der Waals surface area (Å²) < 4.78 is 13.4. The highest BCUT2D eigenvalue weighted by atomic mass is 32.2. The molecule has 0 heterocycles. The predicted molar refractivity (Wildman–Crippen MR) is 96.4 cm³/mol. The van der Waals surface area contributed by atoms with E-state index in [1.165, 1.54) is 6.92 Å². The van der Waals surface area contributed by atoms with Crippen LogP contribution in [0.5, 0.6) is 0 Å². The van der Waals surface area contributed by atoms with Gasteiger partial charge in [-0.3, -0.25) is 9.59 Å². The first-order valence-electron chi connectivity index (χ1n) is 7.41. The lowest BCUT2D eigenvalue weighted by Crippen LogP contribution is -2.50. The number of hydrogen-bond donors (Lipinski definition) is 2. The predicted octanol–water partition coefficient (Wildman–Crippen LogP) is 1.91. The maximum atomic E-state index is 12.2. The minimum atomic E-state index is -1.07. The molecule has 0 rings (SSSR count). The third-order valence-corrected chi connectivity index (χ3v) is 3.42. The number of hydrogen-bond acceptors (Lipinski definition) is 9. The molecule has 0 aromatic rings. The highest BCUT2D eigenvalue weighted by molar-refractivity contribution is 8.13. The van der Waals surface area contributed by atoms with E-state index in [1.54, 1.807) is 34.6 Å². The number of rotatable bonds is 7. The fourth-order valence-corrected chi connectivity index (χ4v) is 1.95. The Hall–Kier alpha value is -1.42. The van der Waals surface area contributed by atoms with Gasteiger partial charge < -0.3 is 19.5 Å². The van der Waals surface area contributed by atoms with Gasteiger partial charge >= 0.3 is 17.2 Å². The van der Waals surface area contributed by atoms with Crippen LogP contribution < -0.4 is 5.32 Å². The quantitative estimate of drug-likeness (QED) is 0.382. The molecule has 0 fully saturated rings. The van der Waals surface area contributed by atoms with Crippen LogP contribution in [0.3, 0.4) is 0 Å². The van der Waals surface area contributed by atoms with Crippen LogP contribution >= 0.6 is 24.4 Å². The number of ether oxygens (including phenoxy) is 3. The van der Waals surface area contributed by atoms with Crippen LogP contribution in [0.25, 0.3) is 0 Å². The van der Waals surface area contributed by atoms with Crippen LogP contribution in [0, 0.1) is 0 Å². The summed E-state index contributed by atoms with van der Waals surface area (Å²) in [5, 5.41) is 1.75. The second-order valence-electron chi connectivity index (χ2n) is 6.58. The van der Waals surface area contributed by atoms with Crippen molar-refractivity contribution in [2.75, 3.05) is 12.5 Å². The Bertz CT molecular complexity index is 509. The molecular formula is C15H25NO7S2. The summed E-state index contributed by atoms with van der Waals surface area (Å²) in [6, 6.07) is -1.07. The van der Waals surface area contributed by atoms with Gasteiger partial charge in [-0.25, -0.2) is 9.59 Å². The second kappa shape index (κ2) is 9.91. The number of carbonyl (C=O) groups is 4. The minimum absolute atomic E-state index is 0.108. The van der Waals surface area contributed by atoms with Crippen molar-refractivity contribution < 1.29 is 33.4 Å². The third kappa shape index (κ3) is 11.7. The molecule has 0 aliphatic carbocycles. The van der Waals surface area contributed by atoms with Crippen LogP contribution in [0.2, 0.25) is 0 Å². The summed E-state index contributed by atoms with van der Waals surface area (Å²) in [5.74, 6) is -1.87. The van der Waals surface area contributed by atoms with Crippen molar-refractivity contribution in [1.82, 2.24) is 5.32 Å². The molecule has 0 aromatic heterocycles. The Labute approximate surface area is 157 Å². The summed E-state index contributed by atoms with van der Waals surface area (Å²) in [4.78, 5) is 46.5. The average molecular weight is 395 g/mol. The number of thioether (sulfide) groups is 1. The molecule has 0 radical (unpaired) electrons. The lowest BCUT2D eigenvalue weighted by atomic mass is 10.1. The standard InChI is InChI=1S/C15H25NO7S2/c1-9(17)21-8-22-13(20)25-7-10(11(18)23-14(2,3)4)16-12(19)15(5,6)24/h10,24H,7-8H2,1-6H3,(H,16,19)/t10-/m0/s1. The normalized spacial score (nSPS) is 12.8. The van der Waals surface area contributed by atoms with Crippen LogP contribution in [0.15, 0.2) is 0 Å². The van der Waals surface area contributed by atoms with Crippen molar-refractivity contribution in [3.63, 3.8) is 0 Å². The largest absolute Gasteiger partial charge is 0.458 e. The van der Waals surface area contributed by atoms with Crippen molar-refractivity contribution in [1.29, 1.82) is 0 Å². The van der Waals surface area contributed by atoms with Gasteiger partial charge in [0.15, 0.2) is 0 Å². The Morgan fingerprint density at radius 2 is 1.64 bits per heavy atom. The van der Waals surface area contributed by atoms with Crippen molar-refractivity contribution in [3.8, 4) is 0 Å². The third-order valence-electron chi connectivity index (χ3n) is 2.36. The van der Waals surface area contributed by atoms with Crippen molar-refractivity contribution in [2.24, 2.45) is 0 Å². The molecule has 25 heavy (non-hydrogen) atoms. The van der Waals surface area contributed by atoms with Crippen molar-refractivity contribution in [3.05, 3.63) is 0 Å². The van der Waals surface area contributed by atoms with Gasteiger partial charge in [-0.15, -0.1) is 0 Å². The molecule has 8 nitrogen and oxygen atoms in total. The van der Waals surface area contributed by atoms with E-state index in [2.05, 4.69) is 27.4 Å². The monoisotopic (exact) mass is 395 g/mol. The van der Waals surface area contributed by atoms with Gasteiger partial charge in [-0.05, 0) is 46.4 Å². The fourth-order valence-electron chi connectivity index (χ4n) is 1.23. The molecule has 0 saturated heterocycles. The molecule has 10 heteroatoms. The highest BCUT2D eigenvalue weighted by Crippen LogP contribution is 2.16. The van der Waals surface area contributed by atoms with E-state index >= 15 is 0 Å². The number of thiol groups is 1. The van der Waals surface area contributed by atoms with Gasteiger partial charge in [0.2, 0.25) is 12.7 Å². The lowest BCUT2D eigenvalue weighted by molar-refractivity contribution is -0.158. The molecular weight excluding hydrogens is 370 g/mol. The molecule has 0 aliphatic rings. The Morgan fingerprint density at radius 1 is 1.08 bits per heavy atom. The minimum Gasteiger partial charge on any atom is -0.458 e. The zero-order valence-corrected chi connectivity index (χ0v) is 16.9. The van der Waals surface area contributed by atoms with E-state index < -0.39 is 46.3 Å². The molecule has 0 aliphatic heterocycles. The highest BCUT2D eigenvalue weighted by Gasteiger charge is 2.31. The Balaban J connectivity index is 4.78. The molecule has 0 bridgehead atoms. The molecule has 1 amide bonds. The van der Waals surface area contributed by atoms with Crippen molar-refractivity contribution in [2.45, 2.75) is 57.9 Å². The molecule has 0 aromatic carbocycles. The zero-order chi connectivity index (χ0) is 19.8. The van der Waals surface area contributed by atoms with Crippen molar-refractivity contribution >= 4 is 47.5 Å². The second-order valence-corrected chi connectivity index (χ2v) is 8.65. The van der Waals surface area contributed by atoms with E-state index in [-0.39, 0.29) is 5.75 Å². The molecule has 0 saturated carbocycles. The first-order chi connectivity index (χ1) is 11.2.